The summed E-state index contributed by atoms with van der Waals surface area (Å²) in [6.07, 6.45) is 11.9. The second-order valence-corrected chi connectivity index (χ2v) is 7.71. The van der Waals surface area contributed by atoms with Gasteiger partial charge in [-0.2, -0.15) is 0 Å². The number of halogens is 1. The van der Waals surface area contributed by atoms with Crippen LogP contribution in [0.25, 0.3) is 5.65 Å². The van der Waals surface area contributed by atoms with Crippen LogP contribution in [-0.2, 0) is 0 Å². The highest BCUT2D eigenvalue weighted by molar-refractivity contribution is 6.31. The SMILES string of the molecule is C=C(NC(=C\CC)/C=C(\NC)C1CC1)C(C)c1cn2cc(Cl)c(C)cc2n1. The van der Waals surface area contributed by atoms with E-state index in [0.29, 0.717) is 5.92 Å². The first-order chi connectivity index (χ1) is 12.9. The lowest BCUT2D eigenvalue weighted by atomic mass is 10.1. The van der Waals surface area contributed by atoms with E-state index in [9.17, 15) is 0 Å². The molecule has 0 aliphatic heterocycles. The Labute approximate surface area is 167 Å². The Morgan fingerprint density at radius 3 is 2.81 bits per heavy atom. The number of pyridine rings is 1. The number of nitrogens with zero attached hydrogens (tertiary/aromatic N) is 2. The average molecular weight is 385 g/mol. The van der Waals surface area contributed by atoms with Crippen LogP contribution >= 0.6 is 11.6 Å². The number of fused-ring (bicyclic) bond motifs is 1. The fourth-order valence-corrected chi connectivity index (χ4v) is 3.29. The van der Waals surface area contributed by atoms with Gasteiger partial charge >= 0.3 is 0 Å². The van der Waals surface area contributed by atoms with Crippen LogP contribution in [0, 0.1) is 12.8 Å². The van der Waals surface area contributed by atoms with Crippen molar-refractivity contribution < 1.29 is 0 Å². The molecule has 1 fully saturated rings. The van der Waals surface area contributed by atoms with Gasteiger partial charge in [-0.3, -0.25) is 0 Å². The molecule has 0 bridgehead atoms. The molecule has 0 amide bonds. The van der Waals surface area contributed by atoms with Gasteiger partial charge in [0, 0.05) is 42.5 Å². The van der Waals surface area contributed by atoms with E-state index in [2.05, 4.69) is 43.2 Å². The van der Waals surface area contributed by atoms with Crippen molar-refractivity contribution in [1.82, 2.24) is 20.0 Å². The molecule has 27 heavy (non-hydrogen) atoms. The Balaban J connectivity index is 1.78. The number of aromatic nitrogens is 2. The van der Waals surface area contributed by atoms with Crippen LogP contribution in [0.4, 0.5) is 0 Å². The maximum atomic E-state index is 6.24. The van der Waals surface area contributed by atoms with Crippen molar-refractivity contribution in [3.05, 3.63) is 70.6 Å². The summed E-state index contributed by atoms with van der Waals surface area (Å²) in [4.78, 5) is 4.76. The molecule has 2 aromatic rings. The second-order valence-electron chi connectivity index (χ2n) is 7.30. The Kier molecular flexibility index (Phi) is 5.95. The summed E-state index contributed by atoms with van der Waals surface area (Å²) in [6.45, 7) is 10.5. The van der Waals surface area contributed by atoms with E-state index in [-0.39, 0.29) is 5.92 Å². The minimum atomic E-state index is 0.0802. The van der Waals surface area contributed by atoms with E-state index in [1.807, 2.05) is 36.8 Å². The highest BCUT2D eigenvalue weighted by atomic mass is 35.5. The number of allylic oxidation sites excluding steroid dienone is 4. The van der Waals surface area contributed by atoms with Crippen LogP contribution in [0.5, 0.6) is 0 Å². The van der Waals surface area contributed by atoms with E-state index in [1.165, 1.54) is 18.5 Å². The number of nitrogens with one attached hydrogen (secondary N) is 2. The lowest BCUT2D eigenvalue weighted by molar-refractivity contribution is 0.775. The van der Waals surface area contributed by atoms with Crippen LogP contribution in [0.2, 0.25) is 5.02 Å². The summed E-state index contributed by atoms with van der Waals surface area (Å²) in [5.41, 5.74) is 6.23. The molecule has 0 aromatic carbocycles. The molecule has 1 saturated carbocycles. The van der Waals surface area contributed by atoms with Crippen molar-refractivity contribution in [3.8, 4) is 0 Å². The molecule has 2 heterocycles. The predicted molar refractivity (Wildman–Crippen MR) is 114 cm³/mol. The van der Waals surface area contributed by atoms with Crippen molar-refractivity contribution in [2.45, 2.75) is 46.0 Å². The Bertz CT molecular complexity index is 863. The molecule has 1 unspecified atom stereocenters. The summed E-state index contributed by atoms with van der Waals surface area (Å²) in [5.74, 6) is 0.755. The first-order valence-corrected chi connectivity index (χ1v) is 10.0. The minimum absolute atomic E-state index is 0.0802. The highest BCUT2D eigenvalue weighted by Gasteiger charge is 2.25. The Morgan fingerprint density at radius 2 is 2.19 bits per heavy atom. The fourth-order valence-electron chi connectivity index (χ4n) is 3.13. The van der Waals surface area contributed by atoms with Crippen molar-refractivity contribution >= 4 is 17.2 Å². The van der Waals surface area contributed by atoms with Gasteiger partial charge < -0.3 is 15.0 Å². The third-order valence-corrected chi connectivity index (χ3v) is 5.46. The molecular weight excluding hydrogens is 356 g/mol. The van der Waals surface area contributed by atoms with Gasteiger partial charge in [0.15, 0.2) is 0 Å². The summed E-state index contributed by atoms with van der Waals surface area (Å²) in [5, 5.41) is 7.59. The van der Waals surface area contributed by atoms with E-state index in [1.54, 1.807) is 0 Å². The lowest BCUT2D eigenvalue weighted by Crippen LogP contribution is -2.18. The Hall–Kier alpha value is -2.20. The zero-order valence-electron chi connectivity index (χ0n) is 16.6. The molecule has 5 heteroatoms. The fraction of sp³-hybridized carbons (Fsp3) is 0.409. The van der Waals surface area contributed by atoms with Crippen LogP contribution in [-0.4, -0.2) is 16.4 Å². The van der Waals surface area contributed by atoms with Crippen molar-refractivity contribution in [3.63, 3.8) is 0 Å². The average Bonchev–Trinajstić information content (AvgIpc) is 3.40. The smallest absolute Gasteiger partial charge is 0.137 e. The number of hydrogen-bond donors (Lipinski definition) is 2. The maximum Gasteiger partial charge on any atom is 0.137 e. The van der Waals surface area contributed by atoms with Gasteiger partial charge in [0.05, 0.1) is 10.7 Å². The van der Waals surface area contributed by atoms with Gasteiger partial charge in [-0.15, -0.1) is 0 Å². The largest absolute Gasteiger partial charge is 0.391 e. The van der Waals surface area contributed by atoms with Crippen molar-refractivity contribution in [1.29, 1.82) is 0 Å². The van der Waals surface area contributed by atoms with Crippen LogP contribution in [0.15, 0.2) is 54.3 Å². The van der Waals surface area contributed by atoms with E-state index in [0.717, 1.165) is 39.7 Å². The molecule has 3 rings (SSSR count). The van der Waals surface area contributed by atoms with Gasteiger partial charge in [0.1, 0.15) is 5.65 Å². The van der Waals surface area contributed by atoms with Gasteiger partial charge in [-0.05, 0) is 49.8 Å². The number of imidazole rings is 1. The summed E-state index contributed by atoms with van der Waals surface area (Å²) in [6, 6.07) is 2.01. The normalized spacial score (nSPS) is 16.5. The molecule has 1 atom stereocenters. The third-order valence-electron chi connectivity index (χ3n) is 5.07. The number of aryl methyl sites for hydroxylation is 1. The quantitative estimate of drug-likeness (QED) is 0.606. The van der Waals surface area contributed by atoms with Gasteiger partial charge in [0.25, 0.3) is 0 Å². The summed E-state index contributed by atoms with van der Waals surface area (Å²) in [7, 11) is 1.99. The van der Waals surface area contributed by atoms with E-state index in [4.69, 9.17) is 16.6 Å². The molecule has 0 saturated heterocycles. The zero-order chi connectivity index (χ0) is 19.6. The van der Waals surface area contributed by atoms with Crippen LogP contribution in [0.1, 0.15) is 50.3 Å². The number of hydrogen-bond acceptors (Lipinski definition) is 3. The highest BCUT2D eigenvalue weighted by Crippen LogP contribution is 2.35. The summed E-state index contributed by atoms with van der Waals surface area (Å²) < 4.78 is 1.98. The summed E-state index contributed by atoms with van der Waals surface area (Å²) >= 11 is 6.24. The van der Waals surface area contributed by atoms with Crippen molar-refractivity contribution in [2.24, 2.45) is 5.92 Å². The van der Waals surface area contributed by atoms with Gasteiger partial charge in [-0.25, -0.2) is 4.98 Å². The third kappa shape index (κ3) is 4.56. The molecule has 2 aromatic heterocycles. The molecule has 1 aliphatic rings. The second kappa shape index (κ2) is 8.22. The monoisotopic (exact) mass is 384 g/mol. The molecular formula is C22H29ClN4. The molecule has 0 radical (unpaired) electrons. The van der Waals surface area contributed by atoms with Crippen LogP contribution < -0.4 is 10.6 Å². The van der Waals surface area contributed by atoms with E-state index >= 15 is 0 Å². The number of rotatable bonds is 8. The Morgan fingerprint density at radius 1 is 1.44 bits per heavy atom. The predicted octanol–water partition coefficient (Wildman–Crippen LogP) is 5.31. The molecule has 2 N–H and O–H groups in total. The van der Waals surface area contributed by atoms with Gasteiger partial charge in [-0.1, -0.05) is 38.1 Å². The molecule has 0 spiro atoms. The topological polar surface area (TPSA) is 41.4 Å². The standard InChI is InChI=1S/C22H29ClN4/c1-6-7-18(11-20(24-5)17-8-9-17)25-16(4)15(3)21-13-27-12-19(23)14(2)10-22(27)26-21/h7,10-13,15,17,24-25H,4,6,8-9H2,1-3,5H3/b18-7-,20-11-. The van der Waals surface area contributed by atoms with E-state index < -0.39 is 0 Å². The van der Waals surface area contributed by atoms with Gasteiger partial charge in [0.2, 0.25) is 0 Å². The first-order valence-electron chi connectivity index (χ1n) is 9.63. The zero-order valence-corrected chi connectivity index (χ0v) is 17.4. The molecule has 4 nitrogen and oxygen atoms in total. The lowest BCUT2D eigenvalue weighted by Gasteiger charge is -2.17. The maximum absolute atomic E-state index is 6.24. The minimum Gasteiger partial charge on any atom is -0.391 e. The molecule has 1 aliphatic carbocycles. The van der Waals surface area contributed by atoms with Crippen LogP contribution in [0.3, 0.4) is 0 Å². The van der Waals surface area contributed by atoms with Crippen molar-refractivity contribution in [2.75, 3.05) is 7.05 Å². The first kappa shape index (κ1) is 19.6. The molecule has 144 valence electrons.